The van der Waals surface area contributed by atoms with Crippen LogP contribution in [0, 0.1) is 5.41 Å². The number of hydrogen-bond acceptors (Lipinski definition) is 8. The molecule has 150 valence electrons. The number of benzene rings is 1. The van der Waals surface area contributed by atoms with Crippen LogP contribution in [-0.4, -0.2) is 39.9 Å². The Labute approximate surface area is 169 Å². The van der Waals surface area contributed by atoms with Gasteiger partial charge in [-0.1, -0.05) is 18.2 Å². The Bertz CT molecular complexity index is 1030. The highest BCUT2D eigenvalue weighted by atomic mass is 32.2. The van der Waals surface area contributed by atoms with Crippen LogP contribution < -0.4 is 16.0 Å². The second-order valence-corrected chi connectivity index (χ2v) is 7.55. The summed E-state index contributed by atoms with van der Waals surface area (Å²) in [6.07, 6.45) is 5.75. The van der Waals surface area contributed by atoms with E-state index in [1.54, 1.807) is 24.4 Å². The maximum Gasteiger partial charge on any atom is 0.337 e. The maximum atomic E-state index is 11.8. The highest BCUT2D eigenvalue weighted by molar-refractivity contribution is 7.79. The minimum Gasteiger partial charge on any atom is -0.768 e. The van der Waals surface area contributed by atoms with Crippen LogP contribution in [0.4, 0.5) is 0 Å². The second-order valence-electron chi connectivity index (χ2n) is 6.61. The zero-order valence-corrected chi connectivity index (χ0v) is 16.2. The Balaban J connectivity index is 1.57. The number of nitrogens with one attached hydrogen (secondary N) is 4. The minimum atomic E-state index is -2.28. The molecule has 0 bridgehead atoms. The second kappa shape index (κ2) is 7.64. The van der Waals surface area contributed by atoms with Crippen LogP contribution in [0.2, 0.25) is 0 Å². The van der Waals surface area contributed by atoms with Crippen LogP contribution in [0.1, 0.15) is 18.0 Å². The summed E-state index contributed by atoms with van der Waals surface area (Å²) >= 11 is -2.28. The lowest BCUT2D eigenvalue weighted by Gasteiger charge is -2.24. The topological polar surface area (TPSA) is 139 Å². The molecule has 1 aromatic carbocycles. The van der Waals surface area contributed by atoms with E-state index < -0.39 is 17.0 Å². The third-order valence-electron chi connectivity index (χ3n) is 4.84. The maximum absolute atomic E-state index is 11.8. The molecule has 1 fully saturated rings. The zero-order valence-electron chi connectivity index (χ0n) is 15.4. The molecule has 1 saturated heterocycles. The first-order valence-electron chi connectivity index (χ1n) is 8.83. The Morgan fingerprint density at radius 3 is 2.76 bits per heavy atom. The molecule has 1 aromatic rings. The summed E-state index contributed by atoms with van der Waals surface area (Å²) < 4.78 is 26.8. The van der Waals surface area contributed by atoms with Crippen LogP contribution in [-0.2, 0) is 20.6 Å². The van der Waals surface area contributed by atoms with Gasteiger partial charge in [0.1, 0.15) is 11.5 Å². The van der Waals surface area contributed by atoms with Crippen LogP contribution in [0.25, 0.3) is 0 Å². The van der Waals surface area contributed by atoms with Crippen molar-refractivity contribution in [3.8, 4) is 0 Å². The molecule has 2 heterocycles. The van der Waals surface area contributed by atoms with Gasteiger partial charge >= 0.3 is 5.97 Å². The number of methoxy groups -OCH3 is 1. The number of nitrogens with zero attached hydrogens (tertiary/aromatic N) is 1. The molecule has 0 saturated carbocycles. The van der Waals surface area contributed by atoms with E-state index in [9.17, 15) is 13.6 Å². The molecule has 2 aliphatic heterocycles. The summed E-state index contributed by atoms with van der Waals surface area (Å²) in [7, 11) is 1.34. The molecule has 3 atom stereocenters. The largest absolute Gasteiger partial charge is 0.768 e. The van der Waals surface area contributed by atoms with Crippen LogP contribution in [0.15, 0.2) is 69.1 Å². The number of ether oxygens (including phenoxy) is 1. The van der Waals surface area contributed by atoms with Crippen molar-refractivity contribution < 1.29 is 18.3 Å². The highest BCUT2D eigenvalue weighted by Gasteiger charge is 2.31. The van der Waals surface area contributed by atoms with Gasteiger partial charge in [-0.25, -0.2) is 9.79 Å². The lowest BCUT2D eigenvalue weighted by molar-refractivity contribution is -0.135. The highest BCUT2D eigenvalue weighted by Crippen LogP contribution is 2.26. The van der Waals surface area contributed by atoms with Gasteiger partial charge in [0.2, 0.25) is 0 Å². The fraction of sp³-hybridized carbons (Fsp3) is 0.211. The van der Waals surface area contributed by atoms with Gasteiger partial charge in [0.15, 0.2) is 5.84 Å². The van der Waals surface area contributed by atoms with Crippen molar-refractivity contribution >= 4 is 29.1 Å². The molecule has 9 nitrogen and oxygen atoms in total. The minimum absolute atomic E-state index is 0.0313. The quantitative estimate of drug-likeness (QED) is 0.424. The van der Waals surface area contributed by atoms with E-state index in [0.29, 0.717) is 23.5 Å². The monoisotopic (exact) mass is 412 g/mol. The lowest BCUT2D eigenvalue weighted by atomic mass is 10.0. The normalized spacial score (nSPS) is 26.3. The van der Waals surface area contributed by atoms with E-state index in [2.05, 4.69) is 20.9 Å². The van der Waals surface area contributed by atoms with E-state index in [-0.39, 0.29) is 22.8 Å². The molecular weight excluding hydrogens is 394 g/mol. The van der Waals surface area contributed by atoms with Gasteiger partial charge in [-0.3, -0.25) is 9.62 Å². The first-order chi connectivity index (χ1) is 14.0. The van der Waals surface area contributed by atoms with Crippen LogP contribution >= 0.6 is 0 Å². The molecule has 0 aromatic heterocycles. The zero-order chi connectivity index (χ0) is 20.5. The molecule has 4 N–H and O–H groups in total. The number of amidine groups is 1. The SMILES string of the molecule is COC(=O)C1=CCC2NC(=C3NC(c4ccc(S(=O)[O-])cc4)C=NC3=N)NC2=C1. The van der Waals surface area contributed by atoms with Gasteiger partial charge < -0.3 is 25.2 Å². The number of rotatable bonds is 3. The van der Waals surface area contributed by atoms with Crippen molar-refractivity contribution in [1.29, 1.82) is 5.41 Å². The van der Waals surface area contributed by atoms with Gasteiger partial charge in [0.25, 0.3) is 0 Å². The molecule has 4 rings (SSSR count). The first kappa shape index (κ1) is 19.1. The number of aliphatic imine (C=N–C) groups is 1. The van der Waals surface area contributed by atoms with E-state index in [1.165, 1.54) is 19.2 Å². The number of carbonyl (C=O) groups is 1. The predicted octanol–water partition coefficient (Wildman–Crippen LogP) is 0.734. The molecular formula is C19H18N5O4S-. The summed E-state index contributed by atoms with van der Waals surface area (Å²) in [6.45, 7) is 0. The van der Waals surface area contributed by atoms with Gasteiger partial charge in [-0.2, -0.15) is 0 Å². The fourth-order valence-electron chi connectivity index (χ4n) is 3.33. The molecule has 10 heteroatoms. The van der Waals surface area contributed by atoms with Gasteiger partial charge in [-0.05, 0) is 41.3 Å². The smallest absolute Gasteiger partial charge is 0.337 e. The van der Waals surface area contributed by atoms with E-state index in [1.807, 2.05) is 6.08 Å². The molecule has 3 aliphatic rings. The number of fused-ring (bicyclic) bond motifs is 1. The van der Waals surface area contributed by atoms with Gasteiger partial charge in [0.05, 0.1) is 24.8 Å². The number of esters is 1. The Kier molecular flexibility index (Phi) is 5.03. The lowest BCUT2D eigenvalue weighted by Crippen LogP contribution is -2.35. The first-order valence-corrected chi connectivity index (χ1v) is 9.90. The molecule has 0 radical (unpaired) electrons. The molecule has 1 aliphatic carbocycles. The van der Waals surface area contributed by atoms with Crippen LogP contribution in [0.3, 0.4) is 0 Å². The summed E-state index contributed by atoms with van der Waals surface area (Å²) in [5.41, 5.74) is 2.61. The summed E-state index contributed by atoms with van der Waals surface area (Å²) in [5.74, 6) is 0.272. The molecule has 29 heavy (non-hydrogen) atoms. The van der Waals surface area contributed by atoms with Gasteiger partial charge in [0, 0.05) is 16.8 Å². The standard InChI is InChI=1S/C19H19N5O4S/c1-28-19(25)11-4-7-13-14(8-11)24-18(23-13)16-17(20)21-9-15(22-16)10-2-5-12(6-3-10)29(26)27/h2-6,8-9,13,15,20,22-24H,7H2,1H3,(H,26,27)/p-1. The third-order valence-corrected chi connectivity index (χ3v) is 5.50. The van der Waals surface area contributed by atoms with E-state index in [4.69, 9.17) is 10.1 Å². The summed E-state index contributed by atoms with van der Waals surface area (Å²) in [4.78, 5) is 16.1. The fourth-order valence-corrected chi connectivity index (χ4v) is 3.69. The Morgan fingerprint density at radius 2 is 2.07 bits per heavy atom. The van der Waals surface area contributed by atoms with Crippen molar-refractivity contribution in [2.45, 2.75) is 23.4 Å². The predicted molar refractivity (Wildman–Crippen MR) is 106 cm³/mol. The van der Waals surface area contributed by atoms with Crippen molar-refractivity contribution in [3.63, 3.8) is 0 Å². The molecule has 0 spiro atoms. The molecule has 0 amide bonds. The van der Waals surface area contributed by atoms with Gasteiger partial charge in [-0.15, -0.1) is 0 Å². The van der Waals surface area contributed by atoms with Crippen LogP contribution in [0.5, 0.6) is 0 Å². The van der Waals surface area contributed by atoms with Crippen molar-refractivity contribution in [2.75, 3.05) is 7.11 Å². The summed E-state index contributed by atoms with van der Waals surface area (Å²) in [6, 6.07) is 6.10. The van der Waals surface area contributed by atoms with Crippen molar-refractivity contribution in [3.05, 3.63) is 64.8 Å². The van der Waals surface area contributed by atoms with E-state index >= 15 is 0 Å². The van der Waals surface area contributed by atoms with Crippen molar-refractivity contribution in [2.24, 2.45) is 4.99 Å². The Morgan fingerprint density at radius 1 is 1.31 bits per heavy atom. The third kappa shape index (κ3) is 3.71. The number of hydrogen-bond donors (Lipinski definition) is 4. The average molecular weight is 412 g/mol. The van der Waals surface area contributed by atoms with Crippen molar-refractivity contribution in [1.82, 2.24) is 16.0 Å². The summed E-state index contributed by atoms with van der Waals surface area (Å²) in [5, 5.41) is 18.0. The molecule has 3 unspecified atom stereocenters. The number of carbonyl (C=O) groups excluding carboxylic acids is 1. The average Bonchev–Trinajstić information content (AvgIpc) is 3.16. The Hall–Kier alpha value is -3.24. The van der Waals surface area contributed by atoms with E-state index in [0.717, 1.165) is 11.3 Å².